The van der Waals surface area contributed by atoms with Crippen molar-refractivity contribution in [1.29, 1.82) is 0 Å². The molecule has 190 valence electrons. The van der Waals surface area contributed by atoms with Gasteiger partial charge in [0.2, 0.25) is 5.95 Å². The summed E-state index contributed by atoms with van der Waals surface area (Å²) >= 11 is 6.29. The number of benzene rings is 1. The van der Waals surface area contributed by atoms with Crippen LogP contribution in [-0.2, 0) is 11.3 Å². The van der Waals surface area contributed by atoms with E-state index in [-0.39, 0.29) is 24.3 Å². The average molecular weight is 506 g/mol. The van der Waals surface area contributed by atoms with Gasteiger partial charge in [-0.2, -0.15) is 9.97 Å². The van der Waals surface area contributed by atoms with Crippen molar-refractivity contribution >= 4 is 35.2 Å². The number of piperidine rings is 1. The number of carbonyl (C=O) groups is 1. The Balaban J connectivity index is 1.74. The summed E-state index contributed by atoms with van der Waals surface area (Å²) in [4.78, 5) is 26.4. The number of carbonyl (C=O) groups excluding carboxylic acids is 1. The number of esters is 1. The molecule has 0 radical (unpaired) electrons. The summed E-state index contributed by atoms with van der Waals surface area (Å²) in [6.45, 7) is 2.18. The molecule has 1 aromatic carbocycles. The summed E-state index contributed by atoms with van der Waals surface area (Å²) in [7, 11) is 2.89. The van der Waals surface area contributed by atoms with E-state index in [0.29, 0.717) is 67.4 Å². The maximum Gasteiger partial charge on any atom is 0.345 e. The Morgan fingerprint density at radius 2 is 1.97 bits per heavy atom. The molecule has 3 heterocycles. The van der Waals surface area contributed by atoms with Gasteiger partial charge >= 0.3 is 5.97 Å². The second-order valence-corrected chi connectivity index (χ2v) is 9.18. The van der Waals surface area contributed by atoms with Gasteiger partial charge in [-0.1, -0.05) is 17.7 Å². The highest BCUT2D eigenvalue weighted by molar-refractivity contribution is 6.32. The zero-order chi connectivity index (χ0) is 24.9. The third kappa shape index (κ3) is 5.55. The van der Waals surface area contributed by atoms with Gasteiger partial charge in [-0.05, 0) is 43.4 Å². The summed E-state index contributed by atoms with van der Waals surface area (Å²) in [5.74, 6) is 1.29. The highest BCUT2D eigenvalue weighted by Gasteiger charge is 2.32. The fourth-order valence-electron chi connectivity index (χ4n) is 4.58. The lowest BCUT2D eigenvalue weighted by Gasteiger charge is -2.33. The van der Waals surface area contributed by atoms with Crippen LogP contribution in [0.4, 0.5) is 17.6 Å². The van der Waals surface area contributed by atoms with Gasteiger partial charge in [0.15, 0.2) is 5.82 Å². The van der Waals surface area contributed by atoms with Crippen molar-refractivity contribution in [3.05, 3.63) is 34.3 Å². The van der Waals surface area contributed by atoms with Crippen LogP contribution >= 0.6 is 11.6 Å². The molecule has 35 heavy (non-hydrogen) atoms. The topological polar surface area (TPSA) is 120 Å². The summed E-state index contributed by atoms with van der Waals surface area (Å²) in [6.07, 6.45) is 2.55. The molecule has 2 saturated heterocycles. The lowest BCUT2D eigenvalue weighted by atomic mass is 10.1. The van der Waals surface area contributed by atoms with Crippen LogP contribution in [-0.4, -0.2) is 78.8 Å². The first-order valence-electron chi connectivity index (χ1n) is 11.8. The fourth-order valence-corrected chi connectivity index (χ4v) is 4.87. The van der Waals surface area contributed by atoms with Gasteiger partial charge in [-0.15, -0.1) is 0 Å². The minimum Gasteiger partial charge on any atom is -0.495 e. The van der Waals surface area contributed by atoms with E-state index in [2.05, 4.69) is 5.32 Å². The number of nitrogens with one attached hydrogen (secondary N) is 1. The van der Waals surface area contributed by atoms with E-state index in [1.54, 1.807) is 19.2 Å². The molecule has 10 nitrogen and oxygen atoms in total. The Morgan fingerprint density at radius 1 is 1.20 bits per heavy atom. The number of nitrogens with zero attached hydrogens (tertiary/aromatic N) is 4. The largest absolute Gasteiger partial charge is 0.495 e. The van der Waals surface area contributed by atoms with Crippen LogP contribution in [0.5, 0.6) is 5.75 Å². The molecule has 0 saturated carbocycles. The highest BCUT2D eigenvalue weighted by atomic mass is 35.5. The number of hydrogen-bond donors (Lipinski definition) is 3. The van der Waals surface area contributed by atoms with Crippen molar-refractivity contribution in [2.75, 3.05) is 55.6 Å². The first-order valence-corrected chi connectivity index (χ1v) is 12.2. The first-order chi connectivity index (χ1) is 16.9. The maximum atomic E-state index is 13.0. The molecule has 1 aromatic heterocycles. The average Bonchev–Trinajstić information content (AvgIpc) is 3.36. The van der Waals surface area contributed by atoms with Crippen molar-refractivity contribution in [3.63, 3.8) is 0 Å². The van der Waals surface area contributed by atoms with E-state index in [4.69, 9.17) is 31.0 Å². The van der Waals surface area contributed by atoms with E-state index >= 15 is 0 Å². The van der Waals surface area contributed by atoms with Crippen LogP contribution in [0.15, 0.2) is 18.2 Å². The molecule has 3 N–H and O–H groups in total. The molecule has 2 fully saturated rings. The summed E-state index contributed by atoms with van der Waals surface area (Å²) in [6, 6.07) is 5.38. The number of aromatic nitrogens is 2. The predicted molar refractivity (Wildman–Crippen MR) is 134 cm³/mol. The minimum absolute atomic E-state index is 0.000459. The van der Waals surface area contributed by atoms with Gasteiger partial charge in [-0.25, -0.2) is 4.79 Å². The number of hydrogen-bond acceptors (Lipinski definition) is 10. The number of aliphatic hydroxyl groups excluding tert-OH is 2. The smallest absolute Gasteiger partial charge is 0.345 e. The van der Waals surface area contributed by atoms with Gasteiger partial charge in [-0.3, -0.25) is 0 Å². The van der Waals surface area contributed by atoms with Crippen LogP contribution in [0.2, 0.25) is 5.02 Å². The zero-order valence-electron chi connectivity index (χ0n) is 20.0. The molecule has 0 amide bonds. The number of anilines is 3. The molecule has 4 rings (SSSR count). The molecular weight excluding hydrogens is 474 g/mol. The molecule has 11 heteroatoms. The fraction of sp³-hybridized carbons (Fsp3) is 0.542. The zero-order valence-corrected chi connectivity index (χ0v) is 20.8. The summed E-state index contributed by atoms with van der Waals surface area (Å²) < 4.78 is 10.3. The molecule has 2 aromatic rings. The van der Waals surface area contributed by atoms with E-state index in [0.717, 1.165) is 18.4 Å². The van der Waals surface area contributed by atoms with Crippen LogP contribution in [0, 0.1) is 0 Å². The van der Waals surface area contributed by atoms with E-state index < -0.39 is 5.97 Å². The molecule has 2 aliphatic heterocycles. The van der Waals surface area contributed by atoms with E-state index in [9.17, 15) is 15.0 Å². The van der Waals surface area contributed by atoms with Crippen molar-refractivity contribution in [3.8, 4) is 5.75 Å². The third-order valence-electron chi connectivity index (χ3n) is 6.55. The molecule has 1 atom stereocenters. The molecule has 2 aliphatic rings. The molecule has 0 spiro atoms. The Kier molecular flexibility index (Phi) is 8.15. The van der Waals surface area contributed by atoms with Crippen LogP contribution in [0.25, 0.3) is 0 Å². The molecule has 1 unspecified atom stereocenters. The normalized spacial score (nSPS) is 18.6. The Morgan fingerprint density at radius 3 is 2.63 bits per heavy atom. The van der Waals surface area contributed by atoms with Crippen molar-refractivity contribution < 1.29 is 24.5 Å². The number of aliphatic hydroxyl groups is 2. The summed E-state index contributed by atoms with van der Waals surface area (Å²) in [5.41, 5.74) is 1.12. The van der Waals surface area contributed by atoms with Crippen LogP contribution in [0.1, 0.15) is 41.6 Å². The van der Waals surface area contributed by atoms with E-state index in [1.165, 1.54) is 7.11 Å². The number of halogens is 1. The number of ether oxygens (including phenoxy) is 2. The molecule has 0 aliphatic carbocycles. The quantitative estimate of drug-likeness (QED) is 0.461. The second-order valence-electron chi connectivity index (χ2n) is 8.78. The van der Waals surface area contributed by atoms with Crippen LogP contribution < -0.4 is 19.9 Å². The number of rotatable bonds is 8. The Bertz CT molecular complexity index is 1050. The molecule has 0 bridgehead atoms. The lowest BCUT2D eigenvalue weighted by Crippen LogP contribution is -2.39. The van der Waals surface area contributed by atoms with Gasteiger partial charge in [0.1, 0.15) is 17.1 Å². The summed E-state index contributed by atoms with van der Waals surface area (Å²) in [5, 5.41) is 23.6. The minimum atomic E-state index is -0.548. The Hall–Kier alpha value is -2.82. The van der Waals surface area contributed by atoms with Gasteiger partial charge in [0, 0.05) is 26.2 Å². The third-order valence-corrected chi connectivity index (χ3v) is 6.85. The van der Waals surface area contributed by atoms with Crippen LogP contribution in [0.3, 0.4) is 0 Å². The predicted octanol–water partition coefficient (Wildman–Crippen LogP) is 2.46. The lowest BCUT2D eigenvalue weighted by molar-refractivity contribution is 0.0601. The maximum absolute atomic E-state index is 13.0. The van der Waals surface area contributed by atoms with Gasteiger partial charge in [0.05, 0.1) is 38.0 Å². The van der Waals surface area contributed by atoms with E-state index in [1.807, 2.05) is 15.9 Å². The monoisotopic (exact) mass is 505 g/mol. The molecular formula is C24H32ClN5O5. The highest BCUT2D eigenvalue weighted by Crippen LogP contribution is 2.33. The first kappa shape index (κ1) is 25.3. The van der Waals surface area contributed by atoms with Crippen molar-refractivity contribution in [1.82, 2.24) is 9.97 Å². The standard InChI is InChI=1S/C24H32ClN5O5/c1-34-19-6-5-15(12-18(19)25)13-26-21-20(23(33)35-2)22(29-10-7-17(32)8-11-29)28-24(27-21)30-9-3-4-16(30)14-31/h5-6,12,16-17,31-32H,3-4,7-11,13-14H2,1-2H3,(H,26,27,28). The second kappa shape index (κ2) is 11.3. The van der Waals surface area contributed by atoms with Crippen molar-refractivity contribution in [2.24, 2.45) is 0 Å². The SMILES string of the molecule is COC(=O)c1c(NCc2ccc(OC)c(Cl)c2)nc(N2CCCC2CO)nc1N1CCC(O)CC1. The number of methoxy groups -OCH3 is 2. The Labute approximate surface area is 209 Å². The van der Waals surface area contributed by atoms with Gasteiger partial charge in [0.25, 0.3) is 0 Å². The van der Waals surface area contributed by atoms with Gasteiger partial charge < -0.3 is 34.8 Å². The van der Waals surface area contributed by atoms with Crippen molar-refractivity contribution in [2.45, 2.75) is 44.4 Å².